The van der Waals surface area contributed by atoms with E-state index in [0.717, 1.165) is 85.0 Å². The highest BCUT2D eigenvalue weighted by atomic mass is 32.1. The van der Waals surface area contributed by atoms with Crippen molar-refractivity contribution in [2.24, 2.45) is 11.8 Å². The lowest BCUT2D eigenvalue weighted by Crippen LogP contribution is -2.51. The van der Waals surface area contributed by atoms with Crippen LogP contribution in [0.1, 0.15) is 77.1 Å². The van der Waals surface area contributed by atoms with E-state index in [1.807, 2.05) is 57.0 Å². The number of alkyl carbamates (subject to hydrolysis) is 1. The molecule has 2 aliphatic heterocycles. The first-order chi connectivity index (χ1) is 26.9. The van der Waals surface area contributed by atoms with Crippen LogP contribution in [0.25, 0.3) is 53.5 Å². The van der Waals surface area contributed by atoms with Gasteiger partial charge in [0.2, 0.25) is 11.8 Å². The number of carbonyl (C=O) groups is 4. The predicted molar refractivity (Wildman–Crippen MR) is 213 cm³/mol. The summed E-state index contributed by atoms with van der Waals surface area (Å²) in [6, 6.07) is 10.2. The molecule has 2 fully saturated rings. The molecular weight excluding hydrogens is 735 g/mol. The number of methoxy groups -OCH3 is 1. The predicted octanol–water partition coefficient (Wildman–Crippen LogP) is 6.87. The molecule has 16 heteroatoms. The summed E-state index contributed by atoms with van der Waals surface area (Å²) in [5.74, 6) is 0.685. The van der Waals surface area contributed by atoms with E-state index in [1.165, 1.54) is 7.11 Å². The van der Waals surface area contributed by atoms with Gasteiger partial charge in [-0.1, -0.05) is 39.8 Å². The molecule has 0 bridgehead atoms. The number of thiophene rings is 1. The van der Waals surface area contributed by atoms with Crippen molar-refractivity contribution in [3.8, 4) is 10.6 Å². The van der Waals surface area contributed by atoms with Crippen LogP contribution in [0.15, 0.2) is 42.6 Å². The van der Waals surface area contributed by atoms with Gasteiger partial charge in [-0.15, -0.1) is 11.3 Å². The summed E-state index contributed by atoms with van der Waals surface area (Å²) >= 11 is 1.63. The molecule has 0 unspecified atom stereocenters. The maximum absolute atomic E-state index is 13.7. The monoisotopic (exact) mass is 779 g/mol. The SMILES string of the molecule is COC(=O)N[C@H](C(=O)N1CCC[C@H]1c1nc2ccc3cc(-c4cc5ccc6nc([C@@H]7CCCN7C(=O)[C@@H](NC(=O)O)C(C)C)[nH]c6c5cn4)sc3c2[nH]1)C(C)C. The molecule has 0 saturated carbocycles. The van der Waals surface area contributed by atoms with E-state index in [9.17, 15) is 24.3 Å². The van der Waals surface area contributed by atoms with Crippen LogP contribution in [0.5, 0.6) is 0 Å². The number of nitrogens with one attached hydrogen (secondary N) is 4. The van der Waals surface area contributed by atoms with Crippen LogP contribution in [0, 0.1) is 11.8 Å². The molecule has 4 aromatic heterocycles. The Bertz CT molecular complexity index is 2510. The van der Waals surface area contributed by atoms with Gasteiger partial charge in [-0.3, -0.25) is 14.6 Å². The number of hydrogen-bond acceptors (Lipinski definition) is 9. The second-order valence-corrected chi connectivity index (χ2v) is 16.4. The van der Waals surface area contributed by atoms with Gasteiger partial charge in [0, 0.05) is 24.7 Å². The molecule has 8 rings (SSSR count). The average molecular weight is 780 g/mol. The second kappa shape index (κ2) is 14.7. The number of amides is 4. The maximum atomic E-state index is 13.7. The molecule has 2 saturated heterocycles. The highest BCUT2D eigenvalue weighted by Gasteiger charge is 2.39. The molecule has 56 heavy (non-hydrogen) atoms. The van der Waals surface area contributed by atoms with E-state index in [-0.39, 0.29) is 35.7 Å². The maximum Gasteiger partial charge on any atom is 0.407 e. The highest BCUT2D eigenvalue weighted by molar-refractivity contribution is 7.23. The van der Waals surface area contributed by atoms with Crippen molar-refractivity contribution in [2.45, 2.75) is 77.5 Å². The van der Waals surface area contributed by atoms with E-state index < -0.39 is 24.3 Å². The van der Waals surface area contributed by atoms with Crippen LogP contribution in [0.3, 0.4) is 0 Å². The van der Waals surface area contributed by atoms with Gasteiger partial charge in [-0.25, -0.2) is 19.6 Å². The van der Waals surface area contributed by atoms with Crippen molar-refractivity contribution >= 4 is 78.3 Å². The number of H-pyrrole nitrogens is 2. The van der Waals surface area contributed by atoms with Crippen LogP contribution in [0.4, 0.5) is 9.59 Å². The Morgan fingerprint density at radius 1 is 0.821 bits per heavy atom. The number of imidazole rings is 2. The van der Waals surface area contributed by atoms with Crippen LogP contribution in [-0.2, 0) is 14.3 Å². The Hall–Kier alpha value is -5.77. The number of aromatic amines is 2. The quantitative estimate of drug-likeness (QED) is 0.104. The number of rotatable bonds is 9. The molecule has 5 N–H and O–H groups in total. The minimum Gasteiger partial charge on any atom is -0.465 e. The number of benzene rings is 2. The van der Waals surface area contributed by atoms with Gasteiger partial charge in [0.25, 0.3) is 0 Å². The summed E-state index contributed by atoms with van der Waals surface area (Å²) in [6.07, 6.45) is 3.13. The average Bonchev–Trinajstić information content (AvgIpc) is 4.02. The van der Waals surface area contributed by atoms with Crippen molar-refractivity contribution in [3.05, 3.63) is 54.2 Å². The molecule has 15 nitrogen and oxygen atoms in total. The van der Waals surface area contributed by atoms with Crippen molar-refractivity contribution in [1.29, 1.82) is 0 Å². The van der Waals surface area contributed by atoms with E-state index >= 15 is 0 Å². The first-order valence-corrected chi connectivity index (χ1v) is 19.9. The van der Waals surface area contributed by atoms with Crippen LogP contribution >= 0.6 is 11.3 Å². The van der Waals surface area contributed by atoms with Gasteiger partial charge in [0.05, 0.1) is 56.5 Å². The van der Waals surface area contributed by atoms with E-state index in [0.29, 0.717) is 18.9 Å². The van der Waals surface area contributed by atoms with Gasteiger partial charge >= 0.3 is 12.2 Å². The normalized spacial score (nSPS) is 18.5. The van der Waals surface area contributed by atoms with Gasteiger partial charge < -0.3 is 40.2 Å². The third-order valence-corrected chi connectivity index (χ3v) is 12.3. The third-order valence-electron chi connectivity index (χ3n) is 11.1. The second-order valence-electron chi connectivity index (χ2n) is 15.4. The van der Waals surface area contributed by atoms with Crippen molar-refractivity contribution < 1.29 is 29.0 Å². The van der Waals surface area contributed by atoms with Crippen LogP contribution < -0.4 is 10.6 Å². The number of fused-ring (bicyclic) bond motifs is 6. The number of ether oxygens (including phenoxy) is 1. The number of pyridine rings is 1. The Morgan fingerprint density at radius 3 is 1.98 bits per heavy atom. The molecule has 2 aromatic carbocycles. The molecular formula is C40H45N9O6S. The minimum atomic E-state index is -1.22. The topological polar surface area (TPSA) is 199 Å². The zero-order valence-corrected chi connectivity index (χ0v) is 32.7. The Kier molecular flexibility index (Phi) is 9.76. The van der Waals surface area contributed by atoms with Gasteiger partial charge in [-0.2, -0.15) is 0 Å². The number of carboxylic acid groups (broad SMARTS) is 1. The largest absolute Gasteiger partial charge is 0.465 e. The molecule has 292 valence electrons. The molecule has 2 aliphatic rings. The summed E-state index contributed by atoms with van der Waals surface area (Å²) in [4.78, 5) is 77.1. The fraction of sp³-hybridized carbons (Fsp3) is 0.425. The van der Waals surface area contributed by atoms with Crippen molar-refractivity contribution in [1.82, 2.24) is 45.4 Å². The van der Waals surface area contributed by atoms with Crippen molar-refractivity contribution in [3.63, 3.8) is 0 Å². The third kappa shape index (κ3) is 6.65. The molecule has 4 amide bonds. The molecule has 0 radical (unpaired) electrons. The zero-order chi connectivity index (χ0) is 39.4. The Balaban J connectivity index is 1.07. The lowest BCUT2D eigenvalue weighted by Gasteiger charge is -2.29. The Labute approximate surface area is 326 Å². The number of hydrogen-bond donors (Lipinski definition) is 5. The number of aromatic nitrogens is 5. The summed E-state index contributed by atoms with van der Waals surface area (Å²) in [5.41, 5.74) is 4.16. The van der Waals surface area contributed by atoms with Crippen LogP contribution in [-0.4, -0.2) is 96.1 Å². The summed E-state index contributed by atoms with van der Waals surface area (Å²) in [5, 5.41) is 17.4. The first kappa shape index (κ1) is 37.2. The highest BCUT2D eigenvalue weighted by Crippen LogP contribution is 2.40. The standard InChI is InChI=1S/C40H45N9O6S/c1-19(2)30(46-39(52)53)37(50)48-14-6-8-27(48)35-42-24-12-10-21-16-26(41-18-23(21)32(24)44-35)29-17-22-11-13-25-33(34(22)56-29)45-36(43-25)28-9-7-15-49(28)38(51)31(20(3)4)47-40(54)55-5/h10-13,16-20,27-28,30-31,46H,6-9,14-15H2,1-5H3,(H,42,44)(H,43,45)(H,47,54)(H,52,53)/t27-,28-,30-,31-/m0/s1. The van der Waals surface area contributed by atoms with E-state index in [4.69, 9.17) is 19.7 Å². The number of nitrogens with zero attached hydrogens (tertiary/aromatic N) is 5. The first-order valence-electron chi connectivity index (χ1n) is 19.1. The summed E-state index contributed by atoms with van der Waals surface area (Å²) < 4.78 is 5.83. The fourth-order valence-electron chi connectivity index (χ4n) is 8.22. The van der Waals surface area contributed by atoms with Crippen LogP contribution in [0.2, 0.25) is 0 Å². The van der Waals surface area contributed by atoms with Gasteiger partial charge in [0.15, 0.2) is 0 Å². The van der Waals surface area contributed by atoms with E-state index in [1.54, 1.807) is 16.2 Å². The molecule has 4 atom stereocenters. The fourth-order valence-corrected chi connectivity index (χ4v) is 9.34. The molecule has 0 spiro atoms. The lowest BCUT2D eigenvalue weighted by molar-refractivity contribution is -0.136. The van der Waals surface area contributed by atoms with Gasteiger partial charge in [-0.05, 0) is 72.6 Å². The zero-order valence-electron chi connectivity index (χ0n) is 31.9. The van der Waals surface area contributed by atoms with Crippen molar-refractivity contribution in [2.75, 3.05) is 20.2 Å². The lowest BCUT2D eigenvalue weighted by atomic mass is 10.0. The molecule has 6 aromatic rings. The Morgan fingerprint density at radius 2 is 1.39 bits per heavy atom. The minimum absolute atomic E-state index is 0.122. The van der Waals surface area contributed by atoms with E-state index in [2.05, 4.69) is 38.8 Å². The molecule has 6 heterocycles. The summed E-state index contributed by atoms with van der Waals surface area (Å²) in [7, 11) is 1.29. The van der Waals surface area contributed by atoms with Gasteiger partial charge in [0.1, 0.15) is 23.7 Å². The molecule has 0 aliphatic carbocycles. The summed E-state index contributed by atoms with van der Waals surface area (Å²) in [6.45, 7) is 8.58. The smallest absolute Gasteiger partial charge is 0.407 e. The number of likely N-dealkylation sites (tertiary alicyclic amines) is 2. The number of carbonyl (C=O) groups excluding carboxylic acids is 3.